The fourth-order valence-corrected chi connectivity index (χ4v) is 1.34. The largest absolute Gasteiger partial charge is 0.388 e. The maximum absolute atomic E-state index is 9.99. The van der Waals surface area contributed by atoms with Crippen molar-refractivity contribution in [2.24, 2.45) is 11.1 Å². The highest BCUT2D eigenvalue weighted by atomic mass is 16.3. The summed E-state index contributed by atoms with van der Waals surface area (Å²) in [6.45, 7) is 6.61. The van der Waals surface area contributed by atoms with Crippen LogP contribution in [-0.2, 0) is 6.54 Å². The van der Waals surface area contributed by atoms with E-state index in [-0.39, 0.29) is 5.41 Å². The summed E-state index contributed by atoms with van der Waals surface area (Å²) < 4.78 is 0. The molecule has 0 aliphatic carbocycles. The van der Waals surface area contributed by atoms with E-state index in [0.29, 0.717) is 6.54 Å². The van der Waals surface area contributed by atoms with E-state index in [1.807, 2.05) is 45.0 Å². The maximum atomic E-state index is 9.99. The van der Waals surface area contributed by atoms with Gasteiger partial charge >= 0.3 is 0 Å². The third-order valence-corrected chi connectivity index (χ3v) is 2.35. The number of nitrogens with two attached hydrogens (primary N) is 1. The lowest BCUT2D eigenvalue weighted by Gasteiger charge is -2.26. The lowest BCUT2D eigenvalue weighted by molar-refractivity contribution is 0.0627. The van der Waals surface area contributed by atoms with Gasteiger partial charge in [-0.3, -0.25) is 0 Å². The first kappa shape index (κ1) is 11.2. The van der Waals surface area contributed by atoms with Gasteiger partial charge in [0.15, 0.2) is 0 Å². The molecular formula is C12H19NO. The molecule has 2 nitrogen and oxygen atoms in total. The van der Waals surface area contributed by atoms with Crippen molar-refractivity contribution in [2.45, 2.75) is 33.4 Å². The molecular weight excluding hydrogens is 174 g/mol. The van der Waals surface area contributed by atoms with E-state index in [9.17, 15) is 5.11 Å². The highest BCUT2D eigenvalue weighted by Gasteiger charge is 2.23. The number of benzene rings is 1. The van der Waals surface area contributed by atoms with E-state index in [1.165, 1.54) is 0 Å². The second-order valence-corrected chi connectivity index (χ2v) is 4.71. The Morgan fingerprint density at radius 3 is 2.07 bits per heavy atom. The lowest BCUT2D eigenvalue weighted by atomic mass is 9.84. The van der Waals surface area contributed by atoms with E-state index < -0.39 is 6.10 Å². The molecule has 0 heterocycles. The second-order valence-electron chi connectivity index (χ2n) is 4.71. The molecule has 78 valence electrons. The average molecular weight is 193 g/mol. The van der Waals surface area contributed by atoms with Gasteiger partial charge in [-0.25, -0.2) is 0 Å². The van der Waals surface area contributed by atoms with Crippen LogP contribution in [0.5, 0.6) is 0 Å². The van der Waals surface area contributed by atoms with Crippen LogP contribution in [0.3, 0.4) is 0 Å². The lowest BCUT2D eigenvalue weighted by Crippen LogP contribution is -2.17. The molecule has 14 heavy (non-hydrogen) atoms. The Morgan fingerprint density at radius 2 is 1.71 bits per heavy atom. The number of aliphatic hydroxyl groups is 1. The molecule has 0 aromatic heterocycles. The van der Waals surface area contributed by atoms with Gasteiger partial charge in [0.25, 0.3) is 0 Å². The molecule has 0 spiro atoms. The maximum Gasteiger partial charge on any atom is 0.0838 e. The van der Waals surface area contributed by atoms with Crippen molar-refractivity contribution in [3.8, 4) is 0 Å². The quantitative estimate of drug-likeness (QED) is 0.756. The molecule has 2 heteroatoms. The minimum Gasteiger partial charge on any atom is -0.388 e. The van der Waals surface area contributed by atoms with Crippen LogP contribution < -0.4 is 5.73 Å². The zero-order valence-electron chi connectivity index (χ0n) is 9.12. The Hall–Kier alpha value is -0.860. The molecule has 0 aliphatic heterocycles. The van der Waals surface area contributed by atoms with Gasteiger partial charge in [0.2, 0.25) is 0 Å². The minimum absolute atomic E-state index is 0.121. The molecule has 0 saturated heterocycles. The Kier molecular flexibility index (Phi) is 3.29. The van der Waals surface area contributed by atoms with Gasteiger partial charge < -0.3 is 10.8 Å². The van der Waals surface area contributed by atoms with Crippen LogP contribution in [0.4, 0.5) is 0 Å². The summed E-state index contributed by atoms with van der Waals surface area (Å²) in [6.07, 6.45) is -0.422. The first-order valence-electron chi connectivity index (χ1n) is 4.92. The average Bonchev–Trinajstić information content (AvgIpc) is 2.15. The van der Waals surface area contributed by atoms with E-state index >= 15 is 0 Å². The monoisotopic (exact) mass is 193 g/mol. The Morgan fingerprint density at radius 1 is 1.21 bits per heavy atom. The zero-order valence-corrected chi connectivity index (χ0v) is 9.12. The fourth-order valence-electron chi connectivity index (χ4n) is 1.34. The highest BCUT2D eigenvalue weighted by Crippen LogP contribution is 2.32. The Labute approximate surface area is 85.8 Å². The van der Waals surface area contributed by atoms with Crippen molar-refractivity contribution in [1.82, 2.24) is 0 Å². The predicted octanol–water partition coefficient (Wildman–Crippen LogP) is 2.22. The third kappa shape index (κ3) is 2.56. The molecule has 3 N–H and O–H groups in total. The van der Waals surface area contributed by atoms with Crippen LogP contribution in [0, 0.1) is 5.41 Å². The van der Waals surface area contributed by atoms with Gasteiger partial charge in [-0.05, 0) is 16.5 Å². The van der Waals surface area contributed by atoms with Crippen molar-refractivity contribution in [3.05, 3.63) is 35.4 Å². The summed E-state index contributed by atoms with van der Waals surface area (Å²) in [4.78, 5) is 0. The first-order valence-corrected chi connectivity index (χ1v) is 4.92. The normalized spacial score (nSPS) is 14.1. The smallest absolute Gasteiger partial charge is 0.0838 e. The number of rotatable bonds is 2. The number of hydrogen-bond donors (Lipinski definition) is 2. The molecule has 1 atom stereocenters. The number of hydrogen-bond acceptors (Lipinski definition) is 2. The zero-order chi connectivity index (χ0) is 10.8. The minimum atomic E-state index is -0.422. The van der Waals surface area contributed by atoms with Crippen LogP contribution >= 0.6 is 0 Å². The molecule has 0 saturated carbocycles. The van der Waals surface area contributed by atoms with Gasteiger partial charge in [-0.2, -0.15) is 0 Å². The van der Waals surface area contributed by atoms with Gasteiger partial charge in [-0.15, -0.1) is 0 Å². The second kappa shape index (κ2) is 4.11. The van der Waals surface area contributed by atoms with Crippen LogP contribution in [0.15, 0.2) is 24.3 Å². The standard InChI is InChI=1S/C12H19NO/c1-12(2,3)11(14)10-6-4-9(8-13)5-7-10/h4-7,11,14H,8,13H2,1-3H3. The van der Waals surface area contributed by atoms with Crippen molar-refractivity contribution < 1.29 is 5.11 Å². The topological polar surface area (TPSA) is 46.2 Å². The fraction of sp³-hybridized carbons (Fsp3) is 0.500. The molecule has 1 aromatic carbocycles. The number of aliphatic hydroxyl groups excluding tert-OH is 1. The SMILES string of the molecule is CC(C)(C)C(O)c1ccc(CN)cc1. The Bertz CT molecular complexity index is 284. The molecule has 1 aromatic rings. The molecule has 0 fully saturated rings. The predicted molar refractivity (Wildman–Crippen MR) is 58.7 cm³/mol. The summed E-state index contributed by atoms with van der Waals surface area (Å²) in [7, 11) is 0. The van der Waals surface area contributed by atoms with Crippen molar-refractivity contribution in [3.63, 3.8) is 0 Å². The summed E-state index contributed by atoms with van der Waals surface area (Å²) >= 11 is 0. The molecule has 0 aliphatic rings. The van der Waals surface area contributed by atoms with Crippen LogP contribution in [0.2, 0.25) is 0 Å². The van der Waals surface area contributed by atoms with Gasteiger partial charge in [0.05, 0.1) is 6.10 Å². The third-order valence-electron chi connectivity index (χ3n) is 2.35. The molecule has 1 rings (SSSR count). The highest BCUT2D eigenvalue weighted by molar-refractivity contribution is 5.24. The van der Waals surface area contributed by atoms with Crippen molar-refractivity contribution in [2.75, 3.05) is 0 Å². The van der Waals surface area contributed by atoms with Gasteiger partial charge in [0.1, 0.15) is 0 Å². The molecule has 1 unspecified atom stereocenters. The molecule has 0 amide bonds. The summed E-state index contributed by atoms with van der Waals surface area (Å²) in [6, 6.07) is 7.81. The molecule has 0 bridgehead atoms. The van der Waals surface area contributed by atoms with E-state index in [1.54, 1.807) is 0 Å². The van der Waals surface area contributed by atoms with E-state index in [2.05, 4.69) is 0 Å². The summed E-state index contributed by atoms with van der Waals surface area (Å²) in [5, 5.41) is 9.99. The van der Waals surface area contributed by atoms with Gasteiger partial charge in [-0.1, -0.05) is 45.0 Å². The van der Waals surface area contributed by atoms with Gasteiger partial charge in [0, 0.05) is 6.54 Å². The van der Waals surface area contributed by atoms with Crippen LogP contribution in [-0.4, -0.2) is 5.11 Å². The summed E-state index contributed by atoms with van der Waals surface area (Å²) in [5.41, 5.74) is 7.42. The van der Waals surface area contributed by atoms with E-state index in [4.69, 9.17) is 5.73 Å². The van der Waals surface area contributed by atoms with Crippen molar-refractivity contribution >= 4 is 0 Å². The first-order chi connectivity index (χ1) is 6.45. The van der Waals surface area contributed by atoms with Crippen LogP contribution in [0.1, 0.15) is 38.0 Å². The summed E-state index contributed by atoms with van der Waals surface area (Å²) in [5.74, 6) is 0. The molecule has 0 radical (unpaired) electrons. The van der Waals surface area contributed by atoms with Crippen molar-refractivity contribution in [1.29, 1.82) is 0 Å². The Balaban J connectivity index is 2.87. The van der Waals surface area contributed by atoms with E-state index in [0.717, 1.165) is 11.1 Å². The van der Waals surface area contributed by atoms with Crippen LogP contribution in [0.25, 0.3) is 0 Å².